The number of nitrogens with zero attached hydrogens (tertiary/aromatic N) is 1. The van der Waals surface area contributed by atoms with Crippen molar-refractivity contribution >= 4 is 17.3 Å². The number of nitrogens with two attached hydrogens (primary N) is 1. The lowest BCUT2D eigenvalue weighted by Crippen LogP contribution is -2.18. The summed E-state index contributed by atoms with van der Waals surface area (Å²) in [6.07, 6.45) is 2.52. The number of alkyl halides is 3. The number of nitrogens with one attached hydrogen (secondary N) is 1. The number of fused-ring (bicyclic) bond motifs is 1. The van der Waals surface area contributed by atoms with Gasteiger partial charge in [-0.3, -0.25) is 9.78 Å². The Kier molecular flexibility index (Phi) is 4.17. The molecule has 0 radical (unpaired) electrons. The van der Waals surface area contributed by atoms with E-state index >= 15 is 0 Å². The van der Waals surface area contributed by atoms with Gasteiger partial charge in [0.15, 0.2) is 0 Å². The second kappa shape index (κ2) is 6.14. The van der Waals surface area contributed by atoms with Crippen molar-refractivity contribution in [1.29, 1.82) is 0 Å². The zero-order chi connectivity index (χ0) is 17.3. The second-order valence-electron chi connectivity index (χ2n) is 5.79. The smallest absolute Gasteiger partial charge is 0.398 e. The van der Waals surface area contributed by atoms with E-state index in [2.05, 4.69) is 10.3 Å². The van der Waals surface area contributed by atoms with E-state index in [1.165, 1.54) is 6.20 Å². The van der Waals surface area contributed by atoms with Crippen LogP contribution in [0.2, 0.25) is 0 Å². The fourth-order valence-electron chi connectivity index (χ4n) is 2.89. The van der Waals surface area contributed by atoms with Crippen LogP contribution in [0.4, 0.5) is 24.5 Å². The number of nitrogen functional groups attached to an aromatic ring is 1. The van der Waals surface area contributed by atoms with Gasteiger partial charge in [0, 0.05) is 11.9 Å². The van der Waals surface area contributed by atoms with Gasteiger partial charge in [-0.05, 0) is 55.0 Å². The van der Waals surface area contributed by atoms with Crippen molar-refractivity contribution in [2.24, 2.45) is 0 Å². The van der Waals surface area contributed by atoms with Crippen molar-refractivity contribution in [2.75, 3.05) is 11.1 Å². The van der Waals surface area contributed by atoms with E-state index < -0.39 is 17.6 Å². The molecule has 1 amide bonds. The average molecular weight is 335 g/mol. The van der Waals surface area contributed by atoms with Crippen LogP contribution in [0.3, 0.4) is 0 Å². The maximum Gasteiger partial charge on any atom is 0.416 e. The molecule has 0 bridgehead atoms. The predicted octanol–water partition coefficient (Wildman–Crippen LogP) is 3.81. The lowest BCUT2D eigenvalue weighted by Gasteiger charge is -2.19. The Balaban J connectivity index is 1.91. The minimum Gasteiger partial charge on any atom is -0.398 e. The molecule has 0 saturated heterocycles. The molecule has 7 heteroatoms. The van der Waals surface area contributed by atoms with E-state index in [9.17, 15) is 18.0 Å². The van der Waals surface area contributed by atoms with Crippen LogP contribution >= 0.6 is 0 Å². The zero-order valence-corrected chi connectivity index (χ0v) is 12.8. The Morgan fingerprint density at radius 2 is 1.92 bits per heavy atom. The molecule has 24 heavy (non-hydrogen) atoms. The molecule has 0 atom stereocenters. The quantitative estimate of drug-likeness (QED) is 0.820. The van der Waals surface area contributed by atoms with Gasteiger partial charge in [0.25, 0.3) is 5.91 Å². The Morgan fingerprint density at radius 3 is 2.67 bits per heavy atom. The molecule has 4 nitrogen and oxygen atoms in total. The molecular formula is C17H16F3N3O. The third-order valence-electron chi connectivity index (χ3n) is 4.14. The Hall–Kier alpha value is -2.57. The van der Waals surface area contributed by atoms with Crippen LogP contribution < -0.4 is 11.1 Å². The normalized spacial score (nSPS) is 14.1. The van der Waals surface area contributed by atoms with Crippen molar-refractivity contribution in [3.05, 3.63) is 52.8 Å². The van der Waals surface area contributed by atoms with Crippen LogP contribution in [-0.4, -0.2) is 10.9 Å². The summed E-state index contributed by atoms with van der Waals surface area (Å²) in [7, 11) is 0. The van der Waals surface area contributed by atoms with Crippen molar-refractivity contribution in [2.45, 2.75) is 31.9 Å². The SMILES string of the molecule is Nc1ccc(C(F)(F)F)cc1C(=O)Nc1cncc2c1CCCC2. The largest absolute Gasteiger partial charge is 0.416 e. The lowest BCUT2D eigenvalue weighted by molar-refractivity contribution is -0.137. The van der Waals surface area contributed by atoms with Gasteiger partial charge in [-0.2, -0.15) is 13.2 Å². The lowest BCUT2D eigenvalue weighted by atomic mass is 9.92. The van der Waals surface area contributed by atoms with Gasteiger partial charge in [0.1, 0.15) is 0 Å². The number of carbonyl (C=O) groups is 1. The maximum absolute atomic E-state index is 12.8. The van der Waals surface area contributed by atoms with Gasteiger partial charge in [-0.1, -0.05) is 0 Å². The number of rotatable bonds is 2. The highest BCUT2D eigenvalue weighted by Crippen LogP contribution is 2.32. The molecule has 126 valence electrons. The standard InChI is InChI=1S/C17H16F3N3O/c18-17(19,20)11-5-6-14(21)13(7-11)16(24)23-15-9-22-8-10-3-1-2-4-12(10)15/h5-9H,1-4,21H2,(H,23,24). The number of anilines is 2. The van der Waals surface area contributed by atoms with Crippen LogP contribution in [0, 0.1) is 0 Å². The fourth-order valence-corrected chi connectivity index (χ4v) is 2.89. The zero-order valence-electron chi connectivity index (χ0n) is 12.8. The molecular weight excluding hydrogens is 319 g/mol. The van der Waals surface area contributed by atoms with E-state index in [-0.39, 0.29) is 11.3 Å². The average Bonchev–Trinajstić information content (AvgIpc) is 2.54. The predicted molar refractivity (Wildman–Crippen MR) is 84.7 cm³/mol. The van der Waals surface area contributed by atoms with Crippen molar-refractivity contribution in [3.8, 4) is 0 Å². The molecule has 0 fully saturated rings. The molecule has 0 saturated carbocycles. The summed E-state index contributed by atoms with van der Waals surface area (Å²) in [5.41, 5.74) is 7.17. The number of hydrogen-bond acceptors (Lipinski definition) is 3. The highest BCUT2D eigenvalue weighted by atomic mass is 19.4. The Morgan fingerprint density at radius 1 is 1.17 bits per heavy atom. The first-order valence-electron chi connectivity index (χ1n) is 7.60. The summed E-state index contributed by atoms with van der Waals surface area (Å²) in [5, 5.41) is 2.66. The molecule has 3 rings (SSSR count). The van der Waals surface area contributed by atoms with E-state index in [0.29, 0.717) is 5.69 Å². The van der Waals surface area contributed by atoms with E-state index in [0.717, 1.165) is 55.0 Å². The summed E-state index contributed by atoms with van der Waals surface area (Å²) in [6.45, 7) is 0. The van der Waals surface area contributed by atoms with Crippen molar-refractivity contribution in [1.82, 2.24) is 4.98 Å². The van der Waals surface area contributed by atoms with Crippen LogP contribution in [0.15, 0.2) is 30.6 Å². The van der Waals surface area contributed by atoms with Crippen molar-refractivity contribution in [3.63, 3.8) is 0 Å². The maximum atomic E-state index is 12.8. The highest BCUT2D eigenvalue weighted by molar-refractivity contribution is 6.08. The molecule has 1 aromatic carbocycles. The third-order valence-corrected chi connectivity index (χ3v) is 4.14. The molecule has 0 spiro atoms. The molecule has 1 aromatic heterocycles. The first-order valence-corrected chi connectivity index (χ1v) is 7.60. The molecule has 3 N–H and O–H groups in total. The Labute approximate surface area is 136 Å². The molecule has 0 unspecified atom stereocenters. The van der Waals surface area contributed by atoms with Gasteiger partial charge >= 0.3 is 6.18 Å². The van der Waals surface area contributed by atoms with Gasteiger partial charge < -0.3 is 11.1 Å². The number of amides is 1. The Bertz CT molecular complexity index is 787. The number of benzene rings is 1. The van der Waals surface area contributed by atoms with Crippen LogP contribution in [0.25, 0.3) is 0 Å². The topological polar surface area (TPSA) is 68.0 Å². The molecule has 1 heterocycles. The van der Waals surface area contributed by atoms with E-state index in [1.54, 1.807) is 6.20 Å². The number of halogens is 3. The summed E-state index contributed by atoms with van der Waals surface area (Å²) < 4.78 is 38.5. The van der Waals surface area contributed by atoms with Crippen LogP contribution in [0.1, 0.15) is 39.9 Å². The second-order valence-corrected chi connectivity index (χ2v) is 5.79. The minimum absolute atomic E-state index is 0.00161. The number of carbonyl (C=O) groups excluding carboxylic acids is 1. The van der Waals surface area contributed by atoms with Crippen LogP contribution in [-0.2, 0) is 19.0 Å². The third kappa shape index (κ3) is 3.20. The number of aryl methyl sites for hydroxylation is 1. The van der Waals surface area contributed by atoms with Gasteiger partial charge in [0.05, 0.1) is 23.0 Å². The van der Waals surface area contributed by atoms with E-state index in [4.69, 9.17) is 5.73 Å². The molecule has 1 aliphatic rings. The van der Waals surface area contributed by atoms with Gasteiger partial charge in [-0.15, -0.1) is 0 Å². The highest BCUT2D eigenvalue weighted by Gasteiger charge is 2.31. The first-order chi connectivity index (χ1) is 11.4. The summed E-state index contributed by atoms with van der Waals surface area (Å²) in [6, 6.07) is 2.72. The fraction of sp³-hybridized carbons (Fsp3) is 0.294. The summed E-state index contributed by atoms with van der Waals surface area (Å²) in [4.78, 5) is 16.5. The van der Waals surface area contributed by atoms with Gasteiger partial charge in [0.2, 0.25) is 0 Å². The molecule has 1 aliphatic carbocycles. The first kappa shape index (κ1) is 16.3. The summed E-state index contributed by atoms with van der Waals surface area (Å²) >= 11 is 0. The van der Waals surface area contributed by atoms with Crippen LogP contribution in [0.5, 0.6) is 0 Å². The summed E-state index contributed by atoms with van der Waals surface area (Å²) in [5.74, 6) is -0.667. The minimum atomic E-state index is -4.53. The van der Waals surface area contributed by atoms with Gasteiger partial charge in [-0.25, -0.2) is 0 Å². The number of aromatic nitrogens is 1. The number of pyridine rings is 1. The molecule has 0 aliphatic heterocycles. The molecule has 2 aromatic rings. The number of hydrogen-bond donors (Lipinski definition) is 2. The van der Waals surface area contributed by atoms with Crippen molar-refractivity contribution < 1.29 is 18.0 Å². The van der Waals surface area contributed by atoms with E-state index in [1.807, 2.05) is 0 Å². The monoisotopic (exact) mass is 335 g/mol.